The molecule has 8 bridgehead atoms. The highest BCUT2D eigenvalue weighted by Gasteiger charge is 2.67. The summed E-state index contributed by atoms with van der Waals surface area (Å²) in [7, 11) is 7.70. The van der Waals surface area contributed by atoms with Crippen molar-refractivity contribution in [3.8, 4) is 46.0 Å². The molecule has 136 heavy (non-hydrogen) atoms. The lowest BCUT2D eigenvalue weighted by molar-refractivity contribution is -0.133. The van der Waals surface area contributed by atoms with E-state index in [0.717, 1.165) is 96.7 Å². The van der Waals surface area contributed by atoms with Crippen molar-refractivity contribution in [3.05, 3.63) is 93.0 Å². The van der Waals surface area contributed by atoms with Gasteiger partial charge in [0.15, 0.2) is 0 Å². The van der Waals surface area contributed by atoms with Gasteiger partial charge in [-0.15, -0.1) is 0 Å². The lowest BCUT2D eigenvalue weighted by atomic mass is 9.44. The Kier molecular flexibility index (Phi) is 26.2. The van der Waals surface area contributed by atoms with Gasteiger partial charge >= 0.3 is 0 Å². The van der Waals surface area contributed by atoms with E-state index >= 15 is 0 Å². The van der Waals surface area contributed by atoms with Crippen LogP contribution in [0.1, 0.15) is 434 Å². The minimum atomic E-state index is -0.631. The summed E-state index contributed by atoms with van der Waals surface area (Å²) in [6, 6.07) is 14.5. The maximum Gasteiger partial charge on any atom is 0.123 e. The summed E-state index contributed by atoms with van der Waals surface area (Å²) in [5, 5.41) is 107. The predicted octanol–water partition coefficient (Wildman–Crippen LogP) is 30.5. The lowest BCUT2D eigenvalue weighted by Gasteiger charge is -2.61. The van der Waals surface area contributed by atoms with Crippen LogP contribution < -0.4 is 0 Å². The number of aromatic hydroxyl groups is 8. The Morgan fingerprint density at radius 3 is 0.588 bits per heavy atom. The first-order valence-electron chi connectivity index (χ1n) is 57.4. The van der Waals surface area contributed by atoms with E-state index in [1.54, 1.807) is 24.3 Å². The standard InChI is InChI=1S/C124H184O12/c1-69(97-33-37-101-85-29-21-73-57-77(133-13)41-49-117(73,5)105(85)45-53-121(97,101)9)17-25-81-89-61-91(111(127)65-109(89)125)82(26-18-70(2)98-34-38-102-86-30-22-74-58-78(134-14)42-50-118(74,6)106(86)46-54-122(98,102)10)93-63-95(115(131)67-113(93)129)84(28-20-72(4)100-36-40-104-88-32-24-76-60-80(136-16)44-52-120(76,8)108(88)48-56-124(100,104)12)96-64-94(114(130)68-116(96)132)83(92-62-90(81)110(126)66-112(92)128)27-19-71(3)99-35-39-103-87-31-23-75-59-79(135-15)43-51-119(75,7)107(87)47-55-123(99,103)11/h61-88,97-108,125-132H,17-60H2,1-16H3/t69-,70-,71-,72-,73?,74?,75?,76?,77?,78?,79?,80?,81?,82?,83?,84?,85+,86+,87+,88+,97-,98-,99-,100-,101+,102+,103+,104+,105+,106+,107+,108+,117+,118+,119+,120+,121-,122-,123-,124-/m1/s1. The Morgan fingerprint density at radius 1 is 0.228 bits per heavy atom. The summed E-state index contributed by atoms with van der Waals surface area (Å²) in [6.45, 7) is 31.5. The summed E-state index contributed by atoms with van der Waals surface area (Å²) in [5.41, 5.74) is 6.92. The Morgan fingerprint density at radius 2 is 0.404 bits per heavy atom. The van der Waals surface area contributed by atoms with E-state index in [-0.39, 0.29) is 67.7 Å². The van der Waals surface area contributed by atoms with Crippen LogP contribution in [0, 0.1) is 185 Å². The van der Waals surface area contributed by atoms with E-state index < -0.39 is 23.7 Å². The Hall–Kier alpha value is -4.88. The van der Waals surface area contributed by atoms with Gasteiger partial charge in [0.25, 0.3) is 0 Å². The van der Waals surface area contributed by atoms with Gasteiger partial charge < -0.3 is 59.8 Å². The third-order valence-corrected chi connectivity index (χ3v) is 50.2. The fraction of sp³-hybridized carbons (Fsp3) is 0.806. The van der Waals surface area contributed by atoms with Crippen LogP contribution in [0.4, 0.5) is 0 Å². The second-order valence-electron chi connectivity index (χ2n) is 54.4. The number of hydrogen-bond donors (Lipinski definition) is 8. The molecule has 8 N–H and O–H groups in total. The monoisotopic (exact) mass is 1870 g/mol. The molecule has 0 radical (unpaired) electrons. The molecule has 4 aromatic rings. The third-order valence-electron chi connectivity index (χ3n) is 50.2. The zero-order valence-electron chi connectivity index (χ0n) is 87.4. The van der Waals surface area contributed by atoms with E-state index in [0.29, 0.717) is 187 Å². The second kappa shape index (κ2) is 36.7. The number of phenols is 8. The van der Waals surface area contributed by atoms with Crippen LogP contribution in [0.15, 0.2) is 48.5 Å². The van der Waals surface area contributed by atoms with Gasteiger partial charge in [0.05, 0.1) is 24.4 Å². The van der Waals surface area contributed by atoms with Crippen molar-refractivity contribution >= 4 is 0 Å². The van der Waals surface area contributed by atoms with Crippen molar-refractivity contribution in [1.82, 2.24) is 0 Å². The van der Waals surface area contributed by atoms with Gasteiger partial charge in [-0.05, 0) is 492 Å². The molecular formula is C124H184O12. The number of hydrogen-bond acceptors (Lipinski definition) is 12. The maximum atomic E-state index is 13.4. The minimum absolute atomic E-state index is 0.0535. The van der Waals surface area contributed by atoms with Crippen LogP contribution in [-0.4, -0.2) is 93.7 Å². The zero-order chi connectivity index (χ0) is 95.3. The maximum absolute atomic E-state index is 13.4. The highest BCUT2D eigenvalue weighted by molar-refractivity contribution is 5.62. The summed E-state index contributed by atoms with van der Waals surface area (Å²) in [6.07, 6.45) is 51.9. The molecule has 4 aromatic carbocycles. The molecule has 12 nitrogen and oxygen atoms in total. The highest BCUT2D eigenvalue weighted by atomic mass is 16.5. The van der Waals surface area contributed by atoms with Crippen LogP contribution in [0.5, 0.6) is 46.0 Å². The first-order chi connectivity index (χ1) is 65.0. The van der Waals surface area contributed by atoms with Crippen LogP contribution in [0.3, 0.4) is 0 Å². The van der Waals surface area contributed by atoms with Crippen molar-refractivity contribution in [1.29, 1.82) is 0 Å². The number of benzene rings is 4. The summed E-state index contributed by atoms with van der Waals surface area (Å²) >= 11 is 0. The normalized spacial score (nSPS) is 45.6. The first-order valence-corrected chi connectivity index (χ1v) is 57.4. The van der Waals surface area contributed by atoms with Crippen LogP contribution in [0.25, 0.3) is 0 Å². The SMILES string of the molecule is COC1CC[C@@]2(C)C(CC[C@H]3[C@@H]4CC[C@H]([C@H](C)CCC5c6cc(c(O)cc6O)C(CC[C@@H](C)[C@H]6CC[C@H]7[C@@H]8CCC9CC(OC)CC[C@]9(C)[C@H]8CC[C@]67C)c6cc(c(O)cc6O)C(CC[C@@H](C)[C@H]6CC[C@H]7[C@@H]8CCC9CC(OC)CC[C@]9(C)[C@H]8CC[C@]67C)c6cc(c(O)cc6O)C(CC[C@@H](C)[C@H]6CC[C@H]7[C@@H]8CCC9CC(OC)CC[C@]9(C)[C@H]8CC[C@]67C)c6cc5c(O)cc6O)[C@@]4(C)CC[C@@H]32)C1. The Bertz CT molecular complexity index is 4270. The van der Waals surface area contributed by atoms with Crippen molar-refractivity contribution in [2.24, 2.45) is 185 Å². The van der Waals surface area contributed by atoms with E-state index in [1.807, 2.05) is 28.4 Å². The number of phenolic OH excluding ortho intramolecular Hbond substituents is 8. The fourth-order valence-corrected chi connectivity index (χ4v) is 42.7. The molecule has 0 amide bonds. The average molecular weight is 1870 g/mol. The third kappa shape index (κ3) is 15.7. The Balaban J connectivity index is 0.661. The van der Waals surface area contributed by atoms with Gasteiger partial charge in [0, 0.05) is 121 Å². The largest absolute Gasteiger partial charge is 0.508 e. The number of fused-ring (bicyclic) bond motifs is 28. The molecule has 21 rings (SSSR count). The fourth-order valence-electron chi connectivity index (χ4n) is 42.7. The first kappa shape index (κ1) is 97.2. The molecule has 0 aromatic heterocycles. The molecule has 16 saturated carbocycles. The molecule has 752 valence electrons. The van der Waals surface area contributed by atoms with Crippen LogP contribution in [0.2, 0.25) is 0 Å². The molecule has 0 saturated heterocycles. The molecule has 12 heteroatoms. The summed E-state index contributed by atoms with van der Waals surface area (Å²) in [5.74, 6) is 11.5. The summed E-state index contributed by atoms with van der Waals surface area (Å²) < 4.78 is 24.3. The van der Waals surface area contributed by atoms with Gasteiger partial charge in [-0.25, -0.2) is 0 Å². The van der Waals surface area contributed by atoms with Gasteiger partial charge in [-0.2, -0.15) is 0 Å². The summed E-state index contributed by atoms with van der Waals surface area (Å²) in [4.78, 5) is 0. The van der Waals surface area contributed by atoms with Gasteiger partial charge in [-0.3, -0.25) is 0 Å². The van der Waals surface area contributed by atoms with Crippen LogP contribution in [-0.2, 0) is 18.9 Å². The van der Waals surface area contributed by atoms with Crippen molar-refractivity contribution in [2.45, 2.75) is 414 Å². The van der Waals surface area contributed by atoms with Gasteiger partial charge in [0.1, 0.15) is 46.0 Å². The molecule has 17 aliphatic carbocycles. The van der Waals surface area contributed by atoms with E-state index in [4.69, 9.17) is 18.9 Å². The number of rotatable bonds is 20. The number of ether oxygens (including phenoxy) is 4. The second-order valence-corrected chi connectivity index (χ2v) is 54.4. The van der Waals surface area contributed by atoms with Gasteiger partial charge in [0.2, 0.25) is 0 Å². The molecule has 8 unspecified atom stereocenters. The van der Waals surface area contributed by atoms with Crippen molar-refractivity contribution < 1.29 is 59.8 Å². The molecular weight excluding hydrogens is 1680 g/mol. The topological polar surface area (TPSA) is 199 Å². The van der Waals surface area contributed by atoms with E-state index in [9.17, 15) is 40.9 Å². The highest BCUT2D eigenvalue weighted by Crippen LogP contribution is 2.76. The molecule has 0 heterocycles. The average Bonchev–Trinajstić information content (AvgIpc) is 1.48. The smallest absolute Gasteiger partial charge is 0.123 e. The molecule has 36 atom stereocenters. The quantitative estimate of drug-likeness (QED) is 0.0417. The van der Waals surface area contributed by atoms with Crippen molar-refractivity contribution in [2.75, 3.05) is 28.4 Å². The number of methoxy groups -OCH3 is 4. The van der Waals surface area contributed by atoms with Crippen molar-refractivity contribution in [3.63, 3.8) is 0 Å². The molecule has 0 spiro atoms. The predicted molar refractivity (Wildman–Crippen MR) is 544 cm³/mol. The minimum Gasteiger partial charge on any atom is -0.508 e. The Labute approximate surface area is 821 Å². The lowest BCUT2D eigenvalue weighted by Crippen LogP contribution is -2.54. The molecule has 17 aliphatic rings. The molecule has 0 aliphatic heterocycles. The van der Waals surface area contributed by atoms with E-state index in [2.05, 4.69) is 107 Å². The van der Waals surface area contributed by atoms with E-state index in [1.165, 1.54) is 231 Å². The van der Waals surface area contributed by atoms with Crippen LogP contribution >= 0.6 is 0 Å². The zero-order valence-corrected chi connectivity index (χ0v) is 87.4. The van der Waals surface area contributed by atoms with Gasteiger partial charge in [-0.1, -0.05) is 83.1 Å². The molecule has 16 fully saturated rings.